The van der Waals surface area contributed by atoms with Crippen LogP contribution in [0.15, 0.2) is 16.9 Å². The number of phenols is 1. The minimum atomic E-state index is -4.77. The smallest absolute Gasteiger partial charge is 0.416 e. The van der Waals surface area contributed by atoms with Crippen molar-refractivity contribution in [1.82, 2.24) is 9.80 Å². The summed E-state index contributed by atoms with van der Waals surface area (Å²) in [6, 6.07) is -1.40. The van der Waals surface area contributed by atoms with E-state index in [0.717, 1.165) is 0 Å². The first-order valence-corrected chi connectivity index (χ1v) is 12.8. The first-order chi connectivity index (χ1) is 18.2. The summed E-state index contributed by atoms with van der Waals surface area (Å²) in [6.07, 6.45) is -4.55. The van der Waals surface area contributed by atoms with Crippen molar-refractivity contribution in [1.29, 1.82) is 0 Å². The number of primary amides is 1. The van der Waals surface area contributed by atoms with Gasteiger partial charge in [0.25, 0.3) is 5.91 Å². The Hall–Kier alpha value is -3.38. The standard InChI is InChI=1S/C27H28F3N3O6/c1-32(2)20-11-7-8-6-10-14(21(34)12(8)22(35)15(11)24(37)17(25(20)38)26(31)39)23(36)16-13(18(10)27(28,29)30)9-4-5-33(3)19(9)16/h8-9,11,15,19-20,34,36,38H,4-7H2,1-3H3,(H2,31,39)/t8-,9?,11+,15+,19?,20-/m0/s1. The lowest BCUT2D eigenvalue weighted by molar-refractivity contribution is -0.139. The number of amides is 1. The number of carbonyl (C=O) groups excluding carboxylic acids is 3. The third kappa shape index (κ3) is 3.18. The van der Waals surface area contributed by atoms with Gasteiger partial charge in [-0.3, -0.25) is 24.2 Å². The maximum Gasteiger partial charge on any atom is 0.416 e. The number of rotatable bonds is 2. The number of ketones is 2. The van der Waals surface area contributed by atoms with Gasteiger partial charge in [0.1, 0.15) is 22.8 Å². The van der Waals surface area contributed by atoms with Crippen molar-refractivity contribution in [2.45, 2.75) is 43.4 Å². The number of benzene rings is 1. The van der Waals surface area contributed by atoms with Crippen LogP contribution in [0.5, 0.6) is 5.75 Å². The number of halogens is 3. The molecule has 5 aliphatic rings. The maximum atomic E-state index is 14.6. The largest absolute Gasteiger partial charge is 0.510 e. The van der Waals surface area contributed by atoms with Crippen molar-refractivity contribution < 1.29 is 42.9 Å². The Morgan fingerprint density at radius 3 is 2.36 bits per heavy atom. The number of likely N-dealkylation sites (N-methyl/N-ethyl adjacent to an activating group) is 2. The van der Waals surface area contributed by atoms with Gasteiger partial charge < -0.3 is 21.1 Å². The summed E-state index contributed by atoms with van der Waals surface area (Å²) < 4.78 is 43.9. The van der Waals surface area contributed by atoms with Gasteiger partial charge in [0.2, 0.25) is 0 Å². The van der Waals surface area contributed by atoms with Gasteiger partial charge in [0.15, 0.2) is 11.6 Å². The van der Waals surface area contributed by atoms with Gasteiger partial charge in [-0.2, -0.15) is 13.2 Å². The van der Waals surface area contributed by atoms with Crippen molar-refractivity contribution >= 4 is 23.2 Å². The number of aliphatic hydroxyl groups is 2. The summed E-state index contributed by atoms with van der Waals surface area (Å²) in [4.78, 5) is 42.5. The summed E-state index contributed by atoms with van der Waals surface area (Å²) >= 11 is 0. The molecule has 0 spiro atoms. The number of fused-ring (bicyclic) bond motifs is 7. The van der Waals surface area contributed by atoms with E-state index in [9.17, 15) is 42.9 Å². The van der Waals surface area contributed by atoms with Crippen LogP contribution in [0.25, 0.3) is 5.76 Å². The number of likely N-dealkylation sites (tertiary alicyclic amines) is 1. The quantitative estimate of drug-likeness (QED) is 0.326. The molecule has 0 radical (unpaired) electrons. The highest BCUT2D eigenvalue weighted by molar-refractivity contribution is 6.28. The van der Waals surface area contributed by atoms with Gasteiger partial charge in [-0.25, -0.2) is 0 Å². The predicted octanol–water partition coefficient (Wildman–Crippen LogP) is 2.34. The molecule has 6 atom stereocenters. The lowest BCUT2D eigenvalue weighted by Crippen LogP contribution is -2.55. The highest BCUT2D eigenvalue weighted by atomic mass is 19.4. The Kier molecular flexibility index (Phi) is 5.36. The molecule has 1 amide bonds. The second kappa shape index (κ2) is 8.07. The molecule has 1 saturated carbocycles. The minimum Gasteiger partial charge on any atom is -0.510 e. The summed E-state index contributed by atoms with van der Waals surface area (Å²) in [7, 11) is 4.91. The zero-order valence-corrected chi connectivity index (χ0v) is 21.5. The molecule has 5 N–H and O–H groups in total. The molecule has 6 rings (SSSR count). The third-order valence-corrected chi connectivity index (χ3v) is 9.41. The molecule has 39 heavy (non-hydrogen) atoms. The van der Waals surface area contributed by atoms with Crippen LogP contribution in [0.3, 0.4) is 0 Å². The van der Waals surface area contributed by atoms with Crippen LogP contribution in [-0.4, -0.2) is 76.3 Å². The first kappa shape index (κ1) is 25.9. The molecule has 2 unspecified atom stereocenters. The van der Waals surface area contributed by atoms with E-state index in [4.69, 9.17) is 5.73 Å². The Morgan fingerprint density at radius 1 is 1.10 bits per heavy atom. The van der Waals surface area contributed by atoms with Crippen LogP contribution in [0.1, 0.15) is 52.6 Å². The van der Waals surface area contributed by atoms with E-state index < -0.39 is 93.4 Å². The first-order valence-electron chi connectivity index (χ1n) is 12.8. The molecule has 208 valence electrons. The van der Waals surface area contributed by atoms with Crippen molar-refractivity contribution in [3.8, 4) is 5.75 Å². The molecule has 9 nitrogen and oxygen atoms in total. The molecule has 1 aromatic carbocycles. The molecular formula is C27H28F3N3O6. The molecule has 1 saturated heterocycles. The predicted molar refractivity (Wildman–Crippen MR) is 131 cm³/mol. The van der Waals surface area contributed by atoms with E-state index in [1.807, 2.05) is 4.90 Å². The normalized spacial score (nSPS) is 32.0. The maximum absolute atomic E-state index is 14.6. The van der Waals surface area contributed by atoms with Crippen molar-refractivity contribution in [3.63, 3.8) is 0 Å². The van der Waals surface area contributed by atoms with Crippen LogP contribution in [0.4, 0.5) is 13.2 Å². The van der Waals surface area contributed by atoms with Gasteiger partial charge in [0, 0.05) is 23.1 Å². The number of Topliss-reactive ketones (excluding diaryl/α,β-unsaturated/α-hetero) is 2. The molecule has 12 heteroatoms. The van der Waals surface area contributed by atoms with E-state index in [0.29, 0.717) is 13.0 Å². The average Bonchev–Trinajstić information content (AvgIpc) is 3.10. The number of alkyl halides is 3. The number of aliphatic hydroxyl groups excluding tert-OH is 2. The summed E-state index contributed by atoms with van der Waals surface area (Å²) in [5.41, 5.74) is 3.04. The SMILES string of the molecule is CN1CCC2c3c(c(O)c4c(c3C(F)(F)F)C[C@H]3C[C@@H]5[C@@H](C(=O)C(C(N)=O)=C(O)[C@H]5N(C)C)C(=O)C3=C4O)C21. The van der Waals surface area contributed by atoms with E-state index in [1.54, 1.807) is 21.1 Å². The molecule has 0 bridgehead atoms. The number of nitrogens with two attached hydrogens (primary N) is 1. The highest BCUT2D eigenvalue weighted by Crippen LogP contribution is 2.64. The second-order valence-electron chi connectivity index (χ2n) is 11.5. The molecule has 1 heterocycles. The summed E-state index contributed by atoms with van der Waals surface area (Å²) in [6.45, 7) is 0.551. The number of phenolic OH excluding ortho intramolecular Hbond substituents is 1. The van der Waals surface area contributed by atoms with Crippen LogP contribution in [0, 0.1) is 17.8 Å². The van der Waals surface area contributed by atoms with Crippen molar-refractivity contribution in [2.24, 2.45) is 23.5 Å². The lowest BCUT2D eigenvalue weighted by Gasteiger charge is -2.47. The van der Waals surface area contributed by atoms with Crippen LogP contribution < -0.4 is 5.73 Å². The molecule has 4 aliphatic carbocycles. The number of nitrogens with zero attached hydrogens (tertiary/aromatic N) is 2. The Bertz CT molecular complexity index is 1450. The van der Waals surface area contributed by atoms with Gasteiger partial charge in [-0.05, 0) is 69.9 Å². The molecule has 0 aromatic heterocycles. The summed E-state index contributed by atoms with van der Waals surface area (Å²) in [5, 5.41) is 33.4. The topological polar surface area (TPSA) is 144 Å². The fourth-order valence-electron chi connectivity index (χ4n) is 8.02. The van der Waals surface area contributed by atoms with E-state index in [1.165, 1.54) is 4.90 Å². The Morgan fingerprint density at radius 2 is 1.77 bits per heavy atom. The van der Waals surface area contributed by atoms with Crippen molar-refractivity contribution in [3.05, 3.63) is 44.7 Å². The number of carbonyl (C=O) groups is 3. The van der Waals surface area contributed by atoms with E-state index in [-0.39, 0.29) is 35.1 Å². The molecule has 1 aliphatic heterocycles. The van der Waals surface area contributed by atoms with Gasteiger partial charge in [-0.1, -0.05) is 0 Å². The molecular weight excluding hydrogens is 519 g/mol. The van der Waals surface area contributed by atoms with Gasteiger partial charge in [-0.15, -0.1) is 0 Å². The monoisotopic (exact) mass is 547 g/mol. The van der Waals surface area contributed by atoms with E-state index >= 15 is 0 Å². The molecule has 2 fully saturated rings. The van der Waals surface area contributed by atoms with Gasteiger partial charge >= 0.3 is 6.18 Å². The fraction of sp³-hybridized carbons (Fsp3) is 0.519. The van der Waals surface area contributed by atoms with Crippen LogP contribution >= 0.6 is 0 Å². The van der Waals surface area contributed by atoms with E-state index in [2.05, 4.69) is 0 Å². The number of hydrogen-bond acceptors (Lipinski definition) is 8. The highest BCUT2D eigenvalue weighted by Gasteiger charge is 2.58. The van der Waals surface area contributed by atoms with Crippen molar-refractivity contribution in [2.75, 3.05) is 27.7 Å². The number of allylic oxidation sites excluding steroid dienone is 1. The number of hydrogen-bond donors (Lipinski definition) is 4. The zero-order chi connectivity index (χ0) is 28.5. The number of aromatic hydroxyl groups is 1. The molecule has 1 aromatic rings. The Balaban J connectivity index is 1.56. The lowest BCUT2D eigenvalue weighted by atomic mass is 9.58. The Labute approximate surface area is 221 Å². The van der Waals surface area contributed by atoms with Gasteiger partial charge in [0.05, 0.1) is 23.1 Å². The average molecular weight is 548 g/mol. The van der Waals surface area contributed by atoms with Crippen LogP contribution in [0.2, 0.25) is 0 Å². The minimum absolute atomic E-state index is 0.0101. The third-order valence-electron chi connectivity index (χ3n) is 9.41. The zero-order valence-electron chi connectivity index (χ0n) is 21.5. The fourth-order valence-corrected chi connectivity index (χ4v) is 8.02. The summed E-state index contributed by atoms with van der Waals surface area (Å²) in [5.74, 6) is -8.47. The second-order valence-corrected chi connectivity index (χ2v) is 11.5. The van der Waals surface area contributed by atoms with Crippen LogP contribution in [-0.2, 0) is 27.0 Å².